The predicted molar refractivity (Wildman–Crippen MR) is 79.5 cm³/mol. The van der Waals surface area contributed by atoms with Gasteiger partial charge in [0, 0.05) is 18.3 Å². The van der Waals surface area contributed by atoms with Crippen LogP contribution >= 0.6 is 0 Å². The van der Waals surface area contributed by atoms with Crippen molar-refractivity contribution in [2.75, 3.05) is 0 Å². The van der Waals surface area contributed by atoms with E-state index in [-0.39, 0.29) is 41.3 Å². The molecule has 1 N–H and O–H groups in total. The molecule has 0 aromatic carbocycles. The number of halogens is 1. The minimum absolute atomic E-state index is 0.00934. The Morgan fingerprint density at radius 3 is 2.92 bits per heavy atom. The van der Waals surface area contributed by atoms with Crippen molar-refractivity contribution in [2.45, 2.75) is 37.4 Å². The van der Waals surface area contributed by atoms with Gasteiger partial charge < -0.3 is 14.7 Å². The van der Waals surface area contributed by atoms with Crippen molar-refractivity contribution in [3.63, 3.8) is 0 Å². The fourth-order valence-electron chi connectivity index (χ4n) is 3.72. The van der Waals surface area contributed by atoms with Crippen molar-refractivity contribution < 1.29 is 18.5 Å². The fourth-order valence-corrected chi connectivity index (χ4v) is 3.72. The van der Waals surface area contributed by atoms with Crippen LogP contribution in [0.5, 0.6) is 0 Å². The Kier molecular flexibility index (Phi) is 3.51. The van der Waals surface area contributed by atoms with Crippen molar-refractivity contribution in [2.24, 2.45) is 0 Å². The molecule has 2 fully saturated rings. The number of carbonyl (C=O) groups is 2. The molecule has 2 aromatic rings. The van der Waals surface area contributed by atoms with Crippen LogP contribution in [-0.4, -0.2) is 45.0 Å². The lowest BCUT2D eigenvalue weighted by molar-refractivity contribution is 0.0710. The summed E-state index contributed by atoms with van der Waals surface area (Å²) in [6, 6.07) is 2.57. The van der Waals surface area contributed by atoms with E-state index < -0.39 is 5.82 Å². The first-order valence-electron chi connectivity index (χ1n) is 7.79. The van der Waals surface area contributed by atoms with Gasteiger partial charge in [-0.05, 0) is 25.3 Å². The van der Waals surface area contributed by atoms with Gasteiger partial charge in [0.2, 0.25) is 5.76 Å². The van der Waals surface area contributed by atoms with E-state index in [0.717, 1.165) is 19.0 Å². The van der Waals surface area contributed by atoms with E-state index in [1.54, 1.807) is 4.90 Å². The monoisotopic (exact) mass is 330 g/mol. The summed E-state index contributed by atoms with van der Waals surface area (Å²) in [6.45, 7) is 0. The van der Waals surface area contributed by atoms with Crippen molar-refractivity contribution in [1.82, 2.24) is 20.4 Å². The SMILES string of the molecule is O=C(N[C@@H]1C[C@H]2CC[C@H]1N2C(=O)c1ccncc1F)c1ccno1. The number of nitrogens with one attached hydrogen (secondary N) is 1. The van der Waals surface area contributed by atoms with Crippen LogP contribution in [0.15, 0.2) is 35.2 Å². The maximum Gasteiger partial charge on any atom is 0.290 e. The molecule has 2 bridgehead atoms. The normalized spacial score (nSPS) is 25.0. The van der Waals surface area contributed by atoms with Gasteiger partial charge in [-0.1, -0.05) is 5.16 Å². The van der Waals surface area contributed by atoms with Gasteiger partial charge in [0.05, 0.1) is 30.0 Å². The first-order chi connectivity index (χ1) is 11.6. The molecule has 2 saturated heterocycles. The van der Waals surface area contributed by atoms with E-state index in [1.165, 1.54) is 24.5 Å². The van der Waals surface area contributed by atoms with Gasteiger partial charge in [-0.25, -0.2) is 4.39 Å². The van der Waals surface area contributed by atoms with Crippen LogP contribution in [0, 0.1) is 5.82 Å². The van der Waals surface area contributed by atoms with E-state index in [0.29, 0.717) is 6.42 Å². The van der Waals surface area contributed by atoms with Gasteiger partial charge >= 0.3 is 0 Å². The van der Waals surface area contributed by atoms with Crippen molar-refractivity contribution in [1.29, 1.82) is 0 Å². The summed E-state index contributed by atoms with van der Waals surface area (Å²) in [5, 5.41) is 6.40. The molecule has 8 heteroatoms. The second-order valence-electron chi connectivity index (χ2n) is 6.06. The first kappa shape index (κ1) is 14.8. The minimum Gasteiger partial charge on any atom is -0.351 e. The minimum atomic E-state index is -0.629. The zero-order valence-corrected chi connectivity index (χ0v) is 12.7. The second-order valence-corrected chi connectivity index (χ2v) is 6.06. The molecule has 0 unspecified atom stereocenters. The molecule has 24 heavy (non-hydrogen) atoms. The van der Waals surface area contributed by atoms with E-state index >= 15 is 0 Å². The lowest BCUT2D eigenvalue weighted by atomic mass is 9.95. The van der Waals surface area contributed by atoms with Crippen LogP contribution in [0.2, 0.25) is 0 Å². The molecule has 124 valence electrons. The smallest absolute Gasteiger partial charge is 0.290 e. The number of pyridine rings is 1. The molecule has 2 amide bonds. The molecular formula is C16H15FN4O3. The lowest BCUT2D eigenvalue weighted by Crippen LogP contribution is -2.45. The molecule has 2 aliphatic rings. The molecule has 7 nitrogen and oxygen atoms in total. The number of carbonyl (C=O) groups excluding carboxylic acids is 2. The third-order valence-corrected chi connectivity index (χ3v) is 4.75. The van der Waals surface area contributed by atoms with E-state index in [9.17, 15) is 14.0 Å². The molecule has 0 radical (unpaired) electrons. The van der Waals surface area contributed by atoms with Crippen molar-refractivity contribution in [3.05, 3.63) is 47.9 Å². The van der Waals surface area contributed by atoms with E-state index in [1.807, 2.05) is 0 Å². The van der Waals surface area contributed by atoms with E-state index in [4.69, 9.17) is 4.52 Å². The maximum atomic E-state index is 13.9. The Bertz CT molecular complexity index is 779. The van der Waals surface area contributed by atoms with Gasteiger partial charge in [-0.3, -0.25) is 14.6 Å². The second kappa shape index (κ2) is 5.70. The summed E-state index contributed by atoms with van der Waals surface area (Å²) < 4.78 is 18.7. The van der Waals surface area contributed by atoms with Gasteiger partial charge in [-0.2, -0.15) is 0 Å². The molecule has 3 atom stereocenters. The Labute approximate surface area is 136 Å². The van der Waals surface area contributed by atoms with E-state index in [2.05, 4.69) is 15.5 Å². The highest BCUT2D eigenvalue weighted by atomic mass is 19.1. The Hall–Kier alpha value is -2.77. The summed E-state index contributed by atoms with van der Waals surface area (Å²) >= 11 is 0. The lowest BCUT2D eigenvalue weighted by Gasteiger charge is -2.25. The molecule has 0 saturated carbocycles. The Morgan fingerprint density at radius 2 is 2.17 bits per heavy atom. The summed E-state index contributed by atoms with van der Waals surface area (Å²) in [7, 11) is 0. The standard InChI is InChI=1S/C16H15FN4O3/c17-11-8-18-5-3-10(11)16(23)21-9-1-2-13(21)12(7-9)20-15(22)14-4-6-19-24-14/h3-6,8-9,12-13H,1-2,7H2,(H,20,22)/t9-,12-,13-/m1/s1. The van der Waals surface area contributed by atoms with Gasteiger partial charge in [0.25, 0.3) is 11.8 Å². The van der Waals surface area contributed by atoms with Crippen LogP contribution in [-0.2, 0) is 0 Å². The maximum absolute atomic E-state index is 13.9. The summed E-state index contributed by atoms with van der Waals surface area (Å²) in [5.41, 5.74) is 0.0177. The zero-order valence-electron chi connectivity index (χ0n) is 12.7. The molecule has 4 rings (SSSR count). The number of hydrogen-bond donors (Lipinski definition) is 1. The first-order valence-corrected chi connectivity index (χ1v) is 7.79. The largest absolute Gasteiger partial charge is 0.351 e. The van der Waals surface area contributed by atoms with Gasteiger partial charge in [0.1, 0.15) is 0 Å². The highest BCUT2D eigenvalue weighted by molar-refractivity contribution is 5.95. The van der Waals surface area contributed by atoms with Crippen molar-refractivity contribution in [3.8, 4) is 0 Å². The number of fused-ring (bicyclic) bond motifs is 2. The number of rotatable bonds is 3. The van der Waals surface area contributed by atoms with Gasteiger partial charge in [-0.15, -0.1) is 0 Å². The Morgan fingerprint density at radius 1 is 1.29 bits per heavy atom. The molecular weight excluding hydrogens is 315 g/mol. The third-order valence-electron chi connectivity index (χ3n) is 4.75. The molecule has 2 aromatic heterocycles. The number of hydrogen-bond acceptors (Lipinski definition) is 5. The van der Waals surface area contributed by atoms with Crippen LogP contribution in [0.3, 0.4) is 0 Å². The summed E-state index contributed by atoms with van der Waals surface area (Å²) in [5.74, 6) is -1.20. The summed E-state index contributed by atoms with van der Waals surface area (Å²) in [4.78, 5) is 30.2. The molecule has 2 aliphatic heterocycles. The number of amides is 2. The Balaban J connectivity index is 1.52. The average molecular weight is 330 g/mol. The molecule has 0 aliphatic carbocycles. The molecule has 0 spiro atoms. The zero-order chi connectivity index (χ0) is 16.7. The van der Waals surface area contributed by atoms with Crippen molar-refractivity contribution >= 4 is 11.8 Å². The summed E-state index contributed by atoms with van der Waals surface area (Å²) in [6.07, 6.45) is 6.13. The number of nitrogens with zero attached hydrogens (tertiary/aromatic N) is 3. The van der Waals surface area contributed by atoms with Crippen LogP contribution in [0.1, 0.15) is 40.2 Å². The van der Waals surface area contributed by atoms with Gasteiger partial charge in [0.15, 0.2) is 5.82 Å². The predicted octanol–water partition coefficient (Wildman–Crippen LogP) is 1.38. The highest BCUT2D eigenvalue weighted by Gasteiger charge is 2.49. The van der Waals surface area contributed by atoms with Crippen LogP contribution in [0.4, 0.5) is 4.39 Å². The van der Waals surface area contributed by atoms with Crippen LogP contribution in [0.25, 0.3) is 0 Å². The van der Waals surface area contributed by atoms with Crippen LogP contribution < -0.4 is 5.32 Å². The quantitative estimate of drug-likeness (QED) is 0.918. The third kappa shape index (κ3) is 2.34. The fraction of sp³-hybridized carbons (Fsp3) is 0.375. The highest BCUT2D eigenvalue weighted by Crippen LogP contribution is 2.39. The topological polar surface area (TPSA) is 88.3 Å². The molecule has 4 heterocycles. The average Bonchev–Trinajstić information content (AvgIpc) is 3.30. The number of aromatic nitrogens is 2.